The highest BCUT2D eigenvalue weighted by molar-refractivity contribution is 7.15. The zero-order valence-corrected chi connectivity index (χ0v) is 16.3. The minimum Gasteiger partial charge on any atom is -0.331 e. The normalized spacial score (nSPS) is 17.4. The van der Waals surface area contributed by atoms with Gasteiger partial charge in [-0.25, -0.2) is 4.79 Å². The van der Waals surface area contributed by atoms with Crippen molar-refractivity contribution in [2.45, 2.75) is 71.4 Å². The quantitative estimate of drug-likeness (QED) is 0.869. The number of fused-ring (bicyclic) bond motifs is 1. The van der Waals surface area contributed by atoms with Crippen LogP contribution in [0.5, 0.6) is 0 Å². The molecule has 0 aromatic carbocycles. The molecule has 1 aliphatic carbocycles. The summed E-state index contributed by atoms with van der Waals surface area (Å²) in [5.41, 5.74) is 2.29. The minimum atomic E-state index is -0.243. The Morgan fingerprint density at radius 2 is 2.12 bits per heavy atom. The number of rotatable bonds is 3. The maximum atomic E-state index is 12.4. The maximum absolute atomic E-state index is 12.4. The van der Waals surface area contributed by atoms with Gasteiger partial charge in [0.25, 0.3) is 0 Å². The molecule has 2 aromatic heterocycles. The summed E-state index contributed by atoms with van der Waals surface area (Å²) in [5.74, 6) is 0.306. The van der Waals surface area contributed by atoms with E-state index < -0.39 is 0 Å². The highest BCUT2D eigenvalue weighted by atomic mass is 32.1. The zero-order chi connectivity index (χ0) is 18.2. The van der Waals surface area contributed by atoms with Crippen LogP contribution in [0.3, 0.4) is 0 Å². The summed E-state index contributed by atoms with van der Waals surface area (Å²) >= 11 is 1.41. The molecule has 0 saturated carbocycles. The molecule has 1 aliphatic rings. The number of hydrogen-bond acceptors (Lipinski definition) is 5. The van der Waals surface area contributed by atoms with Crippen LogP contribution in [0.4, 0.5) is 9.93 Å². The van der Waals surface area contributed by atoms with Crippen molar-refractivity contribution in [3.63, 3.8) is 0 Å². The Hall–Kier alpha value is -1.96. The van der Waals surface area contributed by atoms with Gasteiger partial charge in [0.1, 0.15) is 5.01 Å². The first-order valence-corrected chi connectivity index (χ1v) is 9.55. The smallest absolute Gasteiger partial charge is 0.321 e. The number of nitrogens with zero attached hydrogens (tertiary/aromatic N) is 4. The van der Waals surface area contributed by atoms with Crippen LogP contribution in [0.2, 0.25) is 0 Å². The number of anilines is 1. The number of amides is 2. The van der Waals surface area contributed by atoms with E-state index in [-0.39, 0.29) is 17.6 Å². The predicted molar refractivity (Wildman–Crippen MR) is 99.1 cm³/mol. The van der Waals surface area contributed by atoms with Gasteiger partial charge < -0.3 is 5.32 Å². The van der Waals surface area contributed by atoms with E-state index >= 15 is 0 Å². The summed E-state index contributed by atoms with van der Waals surface area (Å²) in [7, 11) is 0. The molecule has 25 heavy (non-hydrogen) atoms. The van der Waals surface area contributed by atoms with Crippen molar-refractivity contribution in [1.82, 2.24) is 25.3 Å². The second kappa shape index (κ2) is 6.74. The van der Waals surface area contributed by atoms with E-state index in [1.54, 1.807) is 0 Å². The van der Waals surface area contributed by atoms with Crippen molar-refractivity contribution in [3.8, 4) is 0 Å². The SMILES string of the molecule is CC(C)c1nnc(NC(=O)NC2CCCc3c2cnn3C(C)(C)C)s1. The number of aromatic nitrogens is 4. The first kappa shape index (κ1) is 17.8. The van der Waals surface area contributed by atoms with Gasteiger partial charge in [0.15, 0.2) is 0 Å². The zero-order valence-electron chi connectivity index (χ0n) is 15.5. The van der Waals surface area contributed by atoms with Crippen LogP contribution in [0.15, 0.2) is 6.20 Å². The Morgan fingerprint density at radius 1 is 1.36 bits per heavy atom. The third-order valence-electron chi connectivity index (χ3n) is 4.28. The monoisotopic (exact) mass is 362 g/mol. The Balaban J connectivity index is 1.70. The Morgan fingerprint density at radius 3 is 2.76 bits per heavy atom. The van der Waals surface area contributed by atoms with Crippen LogP contribution in [-0.4, -0.2) is 26.0 Å². The molecular formula is C17H26N6OS. The number of hydrogen-bond donors (Lipinski definition) is 2. The van der Waals surface area contributed by atoms with E-state index in [2.05, 4.69) is 65.2 Å². The highest BCUT2D eigenvalue weighted by Crippen LogP contribution is 2.32. The second-order valence-electron chi connectivity index (χ2n) is 7.77. The lowest BCUT2D eigenvalue weighted by molar-refractivity contribution is 0.246. The maximum Gasteiger partial charge on any atom is 0.321 e. The number of carbonyl (C=O) groups is 1. The summed E-state index contributed by atoms with van der Waals surface area (Å²) in [5, 5.41) is 20.0. The van der Waals surface area contributed by atoms with Gasteiger partial charge in [-0.3, -0.25) is 10.00 Å². The molecule has 136 valence electrons. The number of urea groups is 1. The largest absolute Gasteiger partial charge is 0.331 e. The van der Waals surface area contributed by atoms with E-state index in [1.165, 1.54) is 17.0 Å². The van der Waals surface area contributed by atoms with E-state index in [0.717, 1.165) is 29.8 Å². The van der Waals surface area contributed by atoms with Crippen LogP contribution in [0, 0.1) is 0 Å². The van der Waals surface area contributed by atoms with E-state index in [0.29, 0.717) is 11.0 Å². The molecule has 1 atom stereocenters. The molecule has 1 unspecified atom stereocenters. The van der Waals surface area contributed by atoms with Crippen molar-refractivity contribution in [3.05, 3.63) is 22.5 Å². The number of carbonyl (C=O) groups excluding carboxylic acids is 1. The molecule has 0 spiro atoms. The van der Waals surface area contributed by atoms with E-state index in [4.69, 9.17) is 0 Å². The van der Waals surface area contributed by atoms with Crippen molar-refractivity contribution in [2.75, 3.05) is 5.32 Å². The second-order valence-corrected chi connectivity index (χ2v) is 8.78. The van der Waals surface area contributed by atoms with Gasteiger partial charge in [-0.1, -0.05) is 25.2 Å². The molecule has 0 aliphatic heterocycles. The van der Waals surface area contributed by atoms with Crippen LogP contribution >= 0.6 is 11.3 Å². The average molecular weight is 363 g/mol. The predicted octanol–water partition coefficient (Wildman–Crippen LogP) is 3.81. The van der Waals surface area contributed by atoms with Crippen molar-refractivity contribution >= 4 is 22.5 Å². The fraction of sp³-hybridized carbons (Fsp3) is 0.647. The molecule has 7 nitrogen and oxygen atoms in total. The van der Waals surface area contributed by atoms with E-state index in [9.17, 15) is 4.79 Å². The van der Waals surface area contributed by atoms with Crippen LogP contribution in [0.1, 0.15) is 75.7 Å². The molecule has 8 heteroatoms. The first-order chi connectivity index (χ1) is 11.8. The van der Waals surface area contributed by atoms with Gasteiger partial charge in [-0.15, -0.1) is 10.2 Å². The number of nitrogens with one attached hydrogen (secondary N) is 2. The summed E-state index contributed by atoms with van der Waals surface area (Å²) < 4.78 is 2.08. The molecule has 0 fully saturated rings. The molecule has 0 radical (unpaired) electrons. The fourth-order valence-corrected chi connectivity index (χ4v) is 3.84. The fourth-order valence-electron chi connectivity index (χ4n) is 3.09. The van der Waals surface area contributed by atoms with Gasteiger partial charge in [0.2, 0.25) is 5.13 Å². The van der Waals surface area contributed by atoms with Crippen molar-refractivity contribution < 1.29 is 4.79 Å². The minimum absolute atomic E-state index is 0.0164. The summed E-state index contributed by atoms with van der Waals surface area (Å²) in [6.07, 6.45) is 4.85. The standard InChI is InChI=1S/C17H26N6OS/c1-10(2)14-21-22-16(25-14)20-15(24)19-12-7-6-8-13-11(12)9-18-23(13)17(3,4)5/h9-10,12H,6-8H2,1-5H3,(H2,19,20,22,24). The Bertz CT molecular complexity index is 758. The van der Waals surface area contributed by atoms with Crippen LogP contribution in [-0.2, 0) is 12.0 Å². The van der Waals surface area contributed by atoms with Gasteiger partial charge in [0, 0.05) is 17.2 Å². The van der Waals surface area contributed by atoms with Crippen LogP contribution < -0.4 is 10.6 Å². The molecule has 0 bridgehead atoms. The van der Waals surface area contributed by atoms with Crippen molar-refractivity contribution in [2.24, 2.45) is 0 Å². The van der Waals surface area contributed by atoms with Gasteiger partial charge >= 0.3 is 6.03 Å². The van der Waals surface area contributed by atoms with Gasteiger partial charge in [-0.2, -0.15) is 5.10 Å². The molecule has 2 amide bonds. The third-order valence-corrected chi connectivity index (χ3v) is 5.42. The van der Waals surface area contributed by atoms with E-state index in [1.807, 2.05) is 6.20 Å². The average Bonchev–Trinajstić information content (AvgIpc) is 3.13. The molecule has 2 heterocycles. The molecule has 2 N–H and O–H groups in total. The first-order valence-electron chi connectivity index (χ1n) is 8.74. The lowest BCUT2D eigenvalue weighted by Crippen LogP contribution is -2.35. The molecule has 2 aromatic rings. The van der Waals surface area contributed by atoms with Crippen LogP contribution in [0.25, 0.3) is 0 Å². The topological polar surface area (TPSA) is 84.7 Å². The van der Waals surface area contributed by atoms with Crippen molar-refractivity contribution in [1.29, 1.82) is 0 Å². The molecule has 0 saturated heterocycles. The molecular weight excluding hydrogens is 336 g/mol. The van der Waals surface area contributed by atoms with Gasteiger partial charge in [0.05, 0.1) is 17.8 Å². The summed E-state index contributed by atoms with van der Waals surface area (Å²) in [6.45, 7) is 10.5. The van der Waals surface area contributed by atoms with Gasteiger partial charge in [-0.05, 0) is 40.0 Å². The Kier molecular flexibility index (Phi) is 4.81. The summed E-state index contributed by atoms with van der Waals surface area (Å²) in [4.78, 5) is 12.4. The third kappa shape index (κ3) is 3.84. The lowest BCUT2D eigenvalue weighted by Gasteiger charge is -2.28. The lowest BCUT2D eigenvalue weighted by atomic mass is 9.92. The highest BCUT2D eigenvalue weighted by Gasteiger charge is 2.29. The Labute approximate surface area is 152 Å². The molecule has 3 rings (SSSR count). The summed E-state index contributed by atoms with van der Waals surface area (Å²) in [6, 6.07) is -0.259.